The summed E-state index contributed by atoms with van der Waals surface area (Å²) in [5.41, 5.74) is 1.04. The van der Waals surface area contributed by atoms with Crippen molar-refractivity contribution in [3.8, 4) is 0 Å². The minimum atomic E-state index is -0.797. The molecule has 7 nitrogen and oxygen atoms in total. The third-order valence-electron chi connectivity index (χ3n) is 5.32. The second-order valence-electron chi connectivity index (χ2n) is 8.27. The molecular formula is C21H29N3O4. The largest absolute Gasteiger partial charge is 0.480 e. The van der Waals surface area contributed by atoms with Gasteiger partial charge in [0.2, 0.25) is 0 Å². The summed E-state index contributed by atoms with van der Waals surface area (Å²) in [7, 11) is 0. The van der Waals surface area contributed by atoms with E-state index in [1.165, 1.54) is 12.8 Å². The lowest BCUT2D eigenvalue weighted by Gasteiger charge is -2.42. The van der Waals surface area contributed by atoms with Gasteiger partial charge in [0.05, 0.1) is 6.54 Å². The van der Waals surface area contributed by atoms with Crippen molar-refractivity contribution in [3.05, 3.63) is 35.4 Å². The van der Waals surface area contributed by atoms with E-state index >= 15 is 0 Å². The van der Waals surface area contributed by atoms with Crippen LogP contribution in [-0.2, 0) is 4.79 Å². The van der Waals surface area contributed by atoms with Gasteiger partial charge in [-0.3, -0.25) is 19.3 Å². The molecule has 0 atom stereocenters. The van der Waals surface area contributed by atoms with E-state index in [4.69, 9.17) is 5.11 Å². The highest BCUT2D eigenvalue weighted by atomic mass is 16.4. The van der Waals surface area contributed by atoms with Gasteiger partial charge in [-0.1, -0.05) is 0 Å². The van der Waals surface area contributed by atoms with Crippen LogP contribution in [0.25, 0.3) is 0 Å². The van der Waals surface area contributed by atoms with Gasteiger partial charge in [0.1, 0.15) is 0 Å². The summed E-state index contributed by atoms with van der Waals surface area (Å²) < 4.78 is 0. The number of hydrogen-bond donors (Lipinski definition) is 3. The van der Waals surface area contributed by atoms with Gasteiger partial charge in [0.25, 0.3) is 11.8 Å². The summed E-state index contributed by atoms with van der Waals surface area (Å²) in [5, 5.41) is 14.9. The number of nitrogens with one attached hydrogen (secondary N) is 2. The van der Waals surface area contributed by atoms with Gasteiger partial charge in [-0.25, -0.2) is 0 Å². The Morgan fingerprint density at radius 3 is 2.14 bits per heavy atom. The molecule has 2 saturated carbocycles. The lowest BCUT2D eigenvalue weighted by Crippen LogP contribution is -2.55. The second-order valence-corrected chi connectivity index (χ2v) is 8.27. The molecule has 2 amide bonds. The zero-order valence-corrected chi connectivity index (χ0v) is 16.5. The Bertz CT molecular complexity index is 722. The Labute approximate surface area is 165 Å². The molecule has 152 valence electrons. The van der Waals surface area contributed by atoms with E-state index in [-0.39, 0.29) is 36.5 Å². The number of aliphatic carboxylic acids is 1. The van der Waals surface area contributed by atoms with E-state index in [1.807, 2.05) is 18.7 Å². The number of carbonyl (C=O) groups is 3. The van der Waals surface area contributed by atoms with Gasteiger partial charge in [-0.2, -0.15) is 0 Å². The predicted octanol–water partition coefficient (Wildman–Crippen LogP) is 1.88. The standard InChI is InChI=1S/C21H29N3O4/c1-13(2)22-20(27)15-5-7-16(8-6-15)21(28)23-17-9-18(10-17)24(12-19(25)26)11-14-3-4-14/h5-8,13-14,17-18H,3-4,9-12H2,1-2H3,(H,22,27)(H,23,28)(H,25,26). The fourth-order valence-electron chi connectivity index (χ4n) is 3.54. The topological polar surface area (TPSA) is 98.7 Å². The van der Waals surface area contributed by atoms with E-state index in [2.05, 4.69) is 10.6 Å². The van der Waals surface area contributed by atoms with Crippen LogP contribution in [0.5, 0.6) is 0 Å². The second kappa shape index (κ2) is 8.73. The Balaban J connectivity index is 1.47. The van der Waals surface area contributed by atoms with Gasteiger partial charge in [0.15, 0.2) is 0 Å². The third kappa shape index (κ3) is 5.55. The van der Waals surface area contributed by atoms with E-state index in [0.717, 1.165) is 19.4 Å². The molecule has 0 saturated heterocycles. The first-order valence-corrected chi connectivity index (χ1v) is 9.99. The molecule has 1 aromatic carbocycles. The fraction of sp³-hybridized carbons (Fsp3) is 0.571. The van der Waals surface area contributed by atoms with Gasteiger partial charge in [-0.05, 0) is 69.7 Å². The Morgan fingerprint density at radius 2 is 1.64 bits per heavy atom. The normalized spacial score (nSPS) is 21.3. The number of carbonyl (C=O) groups excluding carboxylic acids is 2. The minimum absolute atomic E-state index is 0.0580. The summed E-state index contributed by atoms with van der Waals surface area (Å²) in [4.78, 5) is 37.5. The van der Waals surface area contributed by atoms with Gasteiger partial charge in [0, 0.05) is 35.8 Å². The number of carboxylic acid groups (broad SMARTS) is 1. The number of nitrogens with zero attached hydrogens (tertiary/aromatic N) is 1. The molecule has 0 heterocycles. The lowest BCUT2D eigenvalue weighted by molar-refractivity contribution is -0.139. The van der Waals surface area contributed by atoms with Crippen molar-refractivity contribution in [1.29, 1.82) is 0 Å². The highest BCUT2D eigenvalue weighted by molar-refractivity contribution is 5.98. The maximum atomic E-state index is 12.4. The molecule has 0 aromatic heterocycles. The van der Waals surface area contributed by atoms with Crippen molar-refractivity contribution in [3.63, 3.8) is 0 Å². The average molecular weight is 387 g/mol. The summed E-state index contributed by atoms with van der Waals surface area (Å²) in [6.45, 7) is 4.71. The molecule has 28 heavy (non-hydrogen) atoms. The molecule has 0 bridgehead atoms. The Hall–Kier alpha value is -2.41. The van der Waals surface area contributed by atoms with E-state index < -0.39 is 5.97 Å². The van der Waals surface area contributed by atoms with E-state index in [9.17, 15) is 14.4 Å². The van der Waals surface area contributed by atoms with Crippen LogP contribution in [0.4, 0.5) is 0 Å². The number of benzene rings is 1. The van der Waals surface area contributed by atoms with Crippen LogP contribution in [0.2, 0.25) is 0 Å². The molecule has 2 aliphatic carbocycles. The monoisotopic (exact) mass is 387 g/mol. The maximum absolute atomic E-state index is 12.4. The van der Waals surface area contributed by atoms with E-state index in [1.54, 1.807) is 24.3 Å². The molecule has 7 heteroatoms. The Kier molecular flexibility index (Phi) is 6.34. The smallest absolute Gasteiger partial charge is 0.317 e. The average Bonchev–Trinajstić information content (AvgIpc) is 3.40. The zero-order valence-electron chi connectivity index (χ0n) is 16.5. The first-order chi connectivity index (χ1) is 13.3. The van der Waals surface area contributed by atoms with Crippen molar-refractivity contribution >= 4 is 17.8 Å². The molecule has 0 spiro atoms. The molecule has 0 unspecified atom stereocenters. The molecule has 2 fully saturated rings. The predicted molar refractivity (Wildman–Crippen MR) is 105 cm³/mol. The van der Waals surface area contributed by atoms with Crippen LogP contribution < -0.4 is 10.6 Å². The highest BCUT2D eigenvalue weighted by Gasteiger charge is 2.37. The van der Waals surface area contributed by atoms with Crippen LogP contribution in [-0.4, -0.2) is 59.0 Å². The summed E-state index contributed by atoms with van der Waals surface area (Å²) in [6, 6.07) is 6.97. The summed E-state index contributed by atoms with van der Waals surface area (Å²) in [6.07, 6.45) is 3.93. The first-order valence-electron chi connectivity index (χ1n) is 9.99. The van der Waals surface area contributed by atoms with Gasteiger partial charge in [-0.15, -0.1) is 0 Å². The molecular weight excluding hydrogens is 358 g/mol. The summed E-state index contributed by atoms with van der Waals surface area (Å²) >= 11 is 0. The SMILES string of the molecule is CC(C)NC(=O)c1ccc(C(=O)NC2CC(N(CC(=O)O)CC3CC3)C2)cc1. The highest BCUT2D eigenvalue weighted by Crippen LogP contribution is 2.33. The van der Waals surface area contributed by atoms with Crippen LogP contribution >= 0.6 is 0 Å². The van der Waals surface area contributed by atoms with Gasteiger partial charge < -0.3 is 15.7 Å². The fourth-order valence-corrected chi connectivity index (χ4v) is 3.54. The third-order valence-corrected chi connectivity index (χ3v) is 5.32. The van der Waals surface area contributed by atoms with Crippen LogP contribution in [0.3, 0.4) is 0 Å². The number of rotatable bonds is 9. The van der Waals surface area contributed by atoms with Gasteiger partial charge >= 0.3 is 5.97 Å². The summed E-state index contributed by atoms with van der Waals surface area (Å²) in [5.74, 6) is -0.474. The van der Waals surface area contributed by atoms with Crippen molar-refractivity contribution in [2.45, 2.75) is 57.7 Å². The lowest BCUT2D eigenvalue weighted by atomic mass is 9.85. The number of hydrogen-bond acceptors (Lipinski definition) is 4. The molecule has 1 aromatic rings. The van der Waals surface area contributed by atoms with Crippen LogP contribution in [0.15, 0.2) is 24.3 Å². The zero-order chi connectivity index (χ0) is 20.3. The molecule has 0 radical (unpaired) electrons. The van der Waals surface area contributed by atoms with Crippen molar-refractivity contribution in [1.82, 2.24) is 15.5 Å². The molecule has 0 aliphatic heterocycles. The van der Waals surface area contributed by atoms with Crippen LogP contribution in [0, 0.1) is 5.92 Å². The molecule has 2 aliphatic rings. The van der Waals surface area contributed by atoms with Crippen molar-refractivity contribution in [2.24, 2.45) is 5.92 Å². The number of amides is 2. The van der Waals surface area contributed by atoms with E-state index in [0.29, 0.717) is 17.0 Å². The Morgan fingerprint density at radius 1 is 1.07 bits per heavy atom. The first kappa shape index (κ1) is 20.3. The molecule has 3 N–H and O–H groups in total. The van der Waals surface area contributed by atoms with Crippen molar-refractivity contribution < 1.29 is 19.5 Å². The molecule has 3 rings (SSSR count). The number of carboxylic acids is 1. The minimum Gasteiger partial charge on any atom is -0.480 e. The quantitative estimate of drug-likeness (QED) is 0.601. The maximum Gasteiger partial charge on any atom is 0.317 e. The van der Waals surface area contributed by atoms with Crippen molar-refractivity contribution in [2.75, 3.05) is 13.1 Å². The van der Waals surface area contributed by atoms with Crippen LogP contribution in [0.1, 0.15) is 60.2 Å².